The number of aryl methyl sites for hydroxylation is 2. The minimum Gasteiger partial charge on any atom is -0.497 e. The van der Waals surface area contributed by atoms with Gasteiger partial charge in [-0.3, -0.25) is 0 Å². The average Bonchev–Trinajstić information content (AvgIpc) is 3.04. The maximum Gasteiger partial charge on any atom is 0.314 e. The summed E-state index contributed by atoms with van der Waals surface area (Å²) in [6.07, 6.45) is 3.81. The highest BCUT2D eigenvalue weighted by Gasteiger charge is 2.21. The van der Waals surface area contributed by atoms with E-state index < -0.39 is 0 Å². The highest BCUT2D eigenvalue weighted by molar-refractivity contribution is 5.73. The second-order valence-electron chi connectivity index (χ2n) is 6.28. The summed E-state index contributed by atoms with van der Waals surface area (Å²) in [6.45, 7) is 2.86. The van der Waals surface area contributed by atoms with Gasteiger partial charge in [-0.25, -0.2) is 4.79 Å². The van der Waals surface area contributed by atoms with Crippen molar-refractivity contribution < 1.29 is 14.1 Å². The van der Waals surface area contributed by atoms with Crippen molar-refractivity contribution in [3.63, 3.8) is 0 Å². The zero-order valence-corrected chi connectivity index (χ0v) is 14.7. The lowest BCUT2D eigenvalue weighted by Gasteiger charge is -2.26. The number of methoxy groups -OCH3 is 1. The van der Waals surface area contributed by atoms with E-state index >= 15 is 0 Å². The largest absolute Gasteiger partial charge is 0.497 e. The van der Waals surface area contributed by atoms with Gasteiger partial charge < -0.3 is 19.9 Å². The Morgan fingerprint density at radius 2 is 2.28 bits per heavy atom. The van der Waals surface area contributed by atoms with E-state index in [2.05, 4.69) is 32.9 Å². The lowest BCUT2D eigenvalue weighted by molar-refractivity contribution is 0.239. The Morgan fingerprint density at radius 1 is 1.40 bits per heavy atom. The van der Waals surface area contributed by atoms with Crippen LogP contribution < -0.4 is 15.4 Å². The number of benzene rings is 1. The van der Waals surface area contributed by atoms with Gasteiger partial charge in [0.05, 0.1) is 7.11 Å². The van der Waals surface area contributed by atoms with Crippen molar-refractivity contribution in [1.29, 1.82) is 0 Å². The molecule has 2 aromatic rings. The molecule has 1 aromatic heterocycles. The highest BCUT2D eigenvalue weighted by atomic mass is 16.5. The van der Waals surface area contributed by atoms with Gasteiger partial charge >= 0.3 is 6.03 Å². The fraction of sp³-hybridized carbons (Fsp3) is 0.500. The summed E-state index contributed by atoms with van der Waals surface area (Å²) >= 11 is 0. The normalized spacial score (nSPS) is 16.2. The molecule has 7 heteroatoms. The van der Waals surface area contributed by atoms with E-state index in [-0.39, 0.29) is 6.03 Å². The predicted octanol–water partition coefficient (Wildman–Crippen LogP) is 2.35. The molecule has 0 radical (unpaired) electrons. The number of aromatic nitrogens is 2. The molecular weight excluding hydrogens is 320 g/mol. The maximum absolute atomic E-state index is 12.0. The second kappa shape index (κ2) is 8.00. The Bertz CT molecular complexity index is 729. The SMILES string of the molecule is COc1ccc2c(c1)CCC[C@H]2CNC(=O)NCCc1nc(C)no1. The molecule has 1 aliphatic rings. The molecule has 7 nitrogen and oxygen atoms in total. The lowest BCUT2D eigenvalue weighted by atomic mass is 9.82. The molecule has 0 fully saturated rings. The van der Waals surface area contributed by atoms with Crippen LogP contribution >= 0.6 is 0 Å². The first-order valence-corrected chi connectivity index (χ1v) is 8.63. The topological polar surface area (TPSA) is 89.3 Å². The molecule has 25 heavy (non-hydrogen) atoms. The first-order valence-electron chi connectivity index (χ1n) is 8.63. The Morgan fingerprint density at radius 3 is 3.04 bits per heavy atom. The molecular formula is C18H24N4O3. The van der Waals surface area contributed by atoms with E-state index in [1.807, 2.05) is 6.07 Å². The molecule has 1 aliphatic carbocycles. The number of nitrogens with zero attached hydrogens (tertiary/aromatic N) is 2. The van der Waals surface area contributed by atoms with Crippen LogP contribution in [0.4, 0.5) is 4.79 Å². The zero-order valence-electron chi connectivity index (χ0n) is 14.7. The number of amides is 2. The summed E-state index contributed by atoms with van der Waals surface area (Å²) < 4.78 is 10.3. The summed E-state index contributed by atoms with van der Waals surface area (Å²) in [5, 5.41) is 9.51. The second-order valence-corrected chi connectivity index (χ2v) is 6.28. The summed E-state index contributed by atoms with van der Waals surface area (Å²) in [4.78, 5) is 16.1. The average molecular weight is 344 g/mol. The standard InChI is InChI=1S/C18H24N4O3/c1-12-21-17(25-22-12)8-9-19-18(23)20-11-14-5-3-4-13-10-15(24-2)6-7-16(13)14/h6-7,10,14H,3-5,8-9,11H2,1-2H3,(H2,19,20,23)/t14-/m0/s1. The van der Waals surface area contributed by atoms with Gasteiger partial charge in [0.2, 0.25) is 5.89 Å². The zero-order chi connectivity index (χ0) is 17.6. The summed E-state index contributed by atoms with van der Waals surface area (Å²) in [5.41, 5.74) is 2.64. The third-order valence-electron chi connectivity index (χ3n) is 4.49. The molecule has 0 aliphatic heterocycles. The molecule has 2 amide bonds. The van der Waals surface area contributed by atoms with Gasteiger partial charge in [0.25, 0.3) is 0 Å². The summed E-state index contributed by atoms with van der Waals surface area (Å²) in [6, 6.07) is 6.05. The number of rotatable bonds is 6. The maximum atomic E-state index is 12.0. The first-order chi connectivity index (χ1) is 12.2. The van der Waals surface area contributed by atoms with Crippen molar-refractivity contribution in [1.82, 2.24) is 20.8 Å². The number of urea groups is 1. The Hall–Kier alpha value is -2.57. The van der Waals surface area contributed by atoms with Crippen LogP contribution in [0.3, 0.4) is 0 Å². The van der Waals surface area contributed by atoms with E-state index in [4.69, 9.17) is 9.26 Å². The van der Waals surface area contributed by atoms with Crippen molar-refractivity contribution in [2.24, 2.45) is 0 Å². The van der Waals surface area contributed by atoms with Crippen molar-refractivity contribution in [2.45, 2.75) is 38.5 Å². The highest BCUT2D eigenvalue weighted by Crippen LogP contribution is 2.33. The van der Waals surface area contributed by atoms with E-state index in [9.17, 15) is 4.79 Å². The summed E-state index contributed by atoms with van der Waals surface area (Å²) in [5.74, 6) is 2.38. The van der Waals surface area contributed by atoms with Crippen LogP contribution in [0, 0.1) is 6.92 Å². The molecule has 0 saturated heterocycles. The quantitative estimate of drug-likeness (QED) is 0.840. The fourth-order valence-electron chi connectivity index (χ4n) is 3.23. The smallest absolute Gasteiger partial charge is 0.314 e. The minimum atomic E-state index is -0.170. The number of nitrogens with one attached hydrogen (secondary N) is 2. The number of ether oxygens (including phenoxy) is 1. The monoisotopic (exact) mass is 344 g/mol. The Labute approximate surface area is 147 Å². The van der Waals surface area contributed by atoms with E-state index in [1.54, 1.807) is 14.0 Å². The Kier molecular flexibility index (Phi) is 5.53. The van der Waals surface area contributed by atoms with Crippen LogP contribution in [-0.4, -0.2) is 36.4 Å². The van der Waals surface area contributed by atoms with E-state index in [1.165, 1.54) is 11.1 Å². The summed E-state index contributed by atoms with van der Waals surface area (Å²) in [7, 11) is 1.68. The number of hydrogen-bond donors (Lipinski definition) is 2. The van der Waals surface area contributed by atoms with Crippen LogP contribution in [0.5, 0.6) is 5.75 Å². The fourth-order valence-corrected chi connectivity index (χ4v) is 3.23. The van der Waals surface area contributed by atoms with Gasteiger partial charge in [-0.1, -0.05) is 11.2 Å². The molecule has 1 atom stereocenters. The van der Waals surface area contributed by atoms with Crippen LogP contribution in [-0.2, 0) is 12.8 Å². The van der Waals surface area contributed by atoms with Crippen LogP contribution in [0.1, 0.15) is 41.6 Å². The molecule has 0 bridgehead atoms. The van der Waals surface area contributed by atoms with Crippen LogP contribution in [0.25, 0.3) is 0 Å². The van der Waals surface area contributed by atoms with Crippen LogP contribution in [0.15, 0.2) is 22.7 Å². The lowest BCUT2D eigenvalue weighted by Crippen LogP contribution is -2.39. The number of fused-ring (bicyclic) bond motifs is 1. The van der Waals surface area contributed by atoms with Crippen LogP contribution in [0.2, 0.25) is 0 Å². The predicted molar refractivity (Wildman–Crippen MR) is 92.8 cm³/mol. The number of hydrogen-bond acceptors (Lipinski definition) is 5. The van der Waals surface area contributed by atoms with Gasteiger partial charge in [0, 0.05) is 25.4 Å². The van der Waals surface area contributed by atoms with Gasteiger partial charge in [0.1, 0.15) is 5.75 Å². The van der Waals surface area contributed by atoms with Gasteiger partial charge in [-0.05, 0) is 49.4 Å². The molecule has 0 spiro atoms. The molecule has 134 valence electrons. The van der Waals surface area contributed by atoms with E-state index in [0.717, 1.165) is 25.0 Å². The molecule has 2 N–H and O–H groups in total. The third kappa shape index (κ3) is 4.49. The van der Waals surface area contributed by atoms with Crippen molar-refractivity contribution in [2.75, 3.05) is 20.2 Å². The Balaban J connectivity index is 1.46. The number of carbonyl (C=O) groups excluding carboxylic acids is 1. The van der Waals surface area contributed by atoms with Gasteiger partial charge in [0.15, 0.2) is 5.82 Å². The molecule has 3 rings (SSSR count). The molecule has 0 saturated carbocycles. The molecule has 1 aromatic carbocycles. The number of carbonyl (C=O) groups is 1. The molecule has 0 unspecified atom stereocenters. The van der Waals surface area contributed by atoms with Crippen molar-refractivity contribution in [3.05, 3.63) is 41.0 Å². The van der Waals surface area contributed by atoms with Gasteiger partial charge in [-0.15, -0.1) is 0 Å². The van der Waals surface area contributed by atoms with Crippen molar-refractivity contribution in [3.8, 4) is 5.75 Å². The van der Waals surface area contributed by atoms with E-state index in [0.29, 0.717) is 37.1 Å². The first kappa shape index (κ1) is 17.3. The molecule has 1 heterocycles. The van der Waals surface area contributed by atoms with Gasteiger partial charge in [-0.2, -0.15) is 4.98 Å². The van der Waals surface area contributed by atoms with Crippen molar-refractivity contribution >= 4 is 6.03 Å². The third-order valence-corrected chi connectivity index (χ3v) is 4.49. The minimum absolute atomic E-state index is 0.170.